The number of nitrogens with zero attached hydrogens (tertiary/aromatic N) is 1. The summed E-state index contributed by atoms with van der Waals surface area (Å²) in [7, 11) is -3.53. The number of amides is 1. The maximum absolute atomic E-state index is 12.0. The lowest BCUT2D eigenvalue weighted by Crippen LogP contribution is -2.38. The molecule has 0 saturated heterocycles. The first kappa shape index (κ1) is 18.6. The molecular weight excluding hydrogens is 371 g/mol. The van der Waals surface area contributed by atoms with E-state index in [0.29, 0.717) is 21.3 Å². The summed E-state index contributed by atoms with van der Waals surface area (Å²) in [6.45, 7) is 0.210. The van der Waals surface area contributed by atoms with Gasteiger partial charge >= 0.3 is 0 Å². The summed E-state index contributed by atoms with van der Waals surface area (Å²) in [6.07, 6.45) is 1.09. The molecule has 1 amide bonds. The minimum absolute atomic E-state index is 0.0713. The topological polar surface area (TPSA) is 66.5 Å². The summed E-state index contributed by atoms with van der Waals surface area (Å²) < 4.78 is 25.2. The normalized spacial score (nSPS) is 11.1. The van der Waals surface area contributed by atoms with Gasteiger partial charge in [0.25, 0.3) is 5.91 Å². The summed E-state index contributed by atoms with van der Waals surface area (Å²) in [6, 6.07) is 13.1. The summed E-state index contributed by atoms with van der Waals surface area (Å²) in [5.74, 6) is -0.306. The number of sulfonamides is 1. The molecule has 0 aliphatic carbocycles. The van der Waals surface area contributed by atoms with Gasteiger partial charge in [0.1, 0.15) is 0 Å². The van der Waals surface area contributed by atoms with Crippen molar-refractivity contribution in [2.45, 2.75) is 0 Å². The zero-order chi connectivity index (χ0) is 17.7. The lowest BCUT2D eigenvalue weighted by atomic mass is 10.2. The fourth-order valence-electron chi connectivity index (χ4n) is 2.09. The maximum atomic E-state index is 12.0. The summed E-state index contributed by atoms with van der Waals surface area (Å²) in [5, 5.41) is 3.54. The molecular formula is C16H16Cl2N2O3S. The number of benzene rings is 2. The van der Waals surface area contributed by atoms with Crippen molar-refractivity contribution in [3.05, 3.63) is 64.1 Å². The second-order valence-corrected chi connectivity index (χ2v) is 7.80. The van der Waals surface area contributed by atoms with Crippen LogP contribution >= 0.6 is 23.2 Å². The molecule has 8 heteroatoms. The van der Waals surface area contributed by atoms with Crippen LogP contribution in [0.5, 0.6) is 0 Å². The van der Waals surface area contributed by atoms with Gasteiger partial charge in [-0.05, 0) is 36.4 Å². The molecule has 2 aromatic carbocycles. The van der Waals surface area contributed by atoms with E-state index in [4.69, 9.17) is 23.2 Å². The highest BCUT2D eigenvalue weighted by molar-refractivity contribution is 7.92. The Hall–Kier alpha value is -1.76. The van der Waals surface area contributed by atoms with E-state index in [-0.39, 0.29) is 19.0 Å². The molecule has 0 atom stereocenters. The molecule has 2 rings (SSSR count). The van der Waals surface area contributed by atoms with E-state index in [9.17, 15) is 13.2 Å². The monoisotopic (exact) mass is 386 g/mol. The number of hydrogen-bond acceptors (Lipinski definition) is 3. The Morgan fingerprint density at radius 2 is 1.71 bits per heavy atom. The standard InChI is InChI=1S/C16H16Cl2N2O3S/c1-24(22,23)20(15-5-3-2-4-14(15)18)11-10-19-16(21)12-6-8-13(17)9-7-12/h2-9H,10-11H2,1H3,(H,19,21). The van der Waals surface area contributed by atoms with Crippen LogP contribution < -0.4 is 9.62 Å². The third kappa shape index (κ3) is 4.87. The van der Waals surface area contributed by atoms with Gasteiger partial charge in [-0.1, -0.05) is 35.3 Å². The van der Waals surface area contributed by atoms with Crippen LogP contribution in [0.4, 0.5) is 5.69 Å². The van der Waals surface area contributed by atoms with E-state index >= 15 is 0 Å². The van der Waals surface area contributed by atoms with Crippen LogP contribution in [-0.2, 0) is 10.0 Å². The van der Waals surface area contributed by atoms with Crippen LogP contribution in [0, 0.1) is 0 Å². The van der Waals surface area contributed by atoms with Crippen LogP contribution in [0.25, 0.3) is 0 Å². The zero-order valence-electron chi connectivity index (χ0n) is 12.9. The molecule has 0 spiro atoms. The van der Waals surface area contributed by atoms with E-state index in [1.165, 1.54) is 0 Å². The molecule has 0 aliphatic rings. The molecule has 5 nitrogen and oxygen atoms in total. The maximum Gasteiger partial charge on any atom is 0.251 e. The SMILES string of the molecule is CS(=O)(=O)N(CCNC(=O)c1ccc(Cl)cc1)c1ccccc1Cl. The van der Waals surface area contributed by atoms with Gasteiger partial charge < -0.3 is 5.32 Å². The average molecular weight is 387 g/mol. The quantitative estimate of drug-likeness (QED) is 0.828. The van der Waals surface area contributed by atoms with Gasteiger partial charge in [0.15, 0.2) is 0 Å². The van der Waals surface area contributed by atoms with Gasteiger partial charge in [-0.15, -0.1) is 0 Å². The van der Waals surface area contributed by atoms with Crippen LogP contribution in [0.15, 0.2) is 48.5 Å². The van der Waals surface area contributed by atoms with Crippen molar-refractivity contribution >= 4 is 44.8 Å². The number of anilines is 1. The summed E-state index contributed by atoms with van der Waals surface area (Å²) in [4.78, 5) is 12.0. The van der Waals surface area contributed by atoms with Crippen molar-refractivity contribution in [2.75, 3.05) is 23.7 Å². The Labute approximate surface area is 151 Å². The molecule has 0 aliphatic heterocycles. The first-order chi connectivity index (χ1) is 11.3. The van der Waals surface area contributed by atoms with E-state index in [1.807, 2.05) is 0 Å². The van der Waals surface area contributed by atoms with Crippen LogP contribution in [0.1, 0.15) is 10.4 Å². The third-order valence-electron chi connectivity index (χ3n) is 3.23. The molecule has 2 aromatic rings. The summed E-state index contributed by atoms with van der Waals surface area (Å²) >= 11 is 11.8. The predicted octanol–water partition coefficient (Wildman–Crippen LogP) is 3.19. The lowest BCUT2D eigenvalue weighted by Gasteiger charge is -2.23. The van der Waals surface area contributed by atoms with Gasteiger partial charge in [-0.3, -0.25) is 9.10 Å². The molecule has 0 unspecified atom stereocenters. The summed E-state index contributed by atoms with van der Waals surface area (Å²) in [5.41, 5.74) is 0.824. The number of hydrogen-bond donors (Lipinski definition) is 1. The molecule has 0 bridgehead atoms. The Kier molecular flexibility index (Phi) is 6.10. The lowest BCUT2D eigenvalue weighted by molar-refractivity contribution is 0.0955. The minimum Gasteiger partial charge on any atom is -0.350 e. The zero-order valence-corrected chi connectivity index (χ0v) is 15.2. The van der Waals surface area contributed by atoms with Crippen molar-refractivity contribution in [3.8, 4) is 0 Å². The number of carbonyl (C=O) groups is 1. The molecule has 0 heterocycles. The van der Waals surface area contributed by atoms with Crippen molar-refractivity contribution < 1.29 is 13.2 Å². The highest BCUT2D eigenvalue weighted by Crippen LogP contribution is 2.26. The van der Waals surface area contributed by atoms with E-state index in [1.54, 1.807) is 48.5 Å². The highest BCUT2D eigenvalue weighted by atomic mass is 35.5. The number of carbonyl (C=O) groups excluding carboxylic acids is 1. The van der Waals surface area contributed by atoms with Gasteiger partial charge in [-0.25, -0.2) is 8.42 Å². The second kappa shape index (κ2) is 7.88. The second-order valence-electron chi connectivity index (χ2n) is 5.05. The van der Waals surface area contributed by atoms with Gasteiger partial charge in [-0.2, -0.15) is 0 Å². The Bertz CT molecular complexity index is 823. The Morgan fingerprint density at radius 3 is 2.29 bits per heavy atom. The highest BCUT2D eigenvalue weighted by Gasteiger charge is 2.19. The molecule has 0 fully saturated rings. The van der Waals surface area contributed by atoms with E-state index < -0.39 is 10.0 Å². The van der Waals surface area contributed by atoms with Crippen LogP contribution in [-0.4, -0.2) is 33.7 Å². The van der Waals surface area contributed by atoms with Gasteiger partial charge in [0.05, 0.1) is 23.5 Å². The molecule has 128 valence electrons. The fraction of sp³-hybridized carbons (Fsp3) is 0.188. The van der Waals surface area contributed by atoms with Crippen molar-refractivity contribution in [3.63, 3.8) is 0 Å². The minimum atomic E-state index is -3.53. The van der Waals surface area contributed by atoms with Crippen molar-refractivity contribution in [1.29, 1.82) is 0 Å². The average Bonchev–Trinajstić information content (AvgIpc) is 2.52. The predicted molar refractivity (Wildman–Crippen MR) is 97.4 cm³/mol. The number of para-hydroxylation sites is 1. The number of rotatable bonds is 6. The Balaban J connectivity index is 2.05. The third-order valence-corrected chi connectivity index (χ3v) is 4.98. The van der Waals surface area contributed by atoms with Gasteiger partial charge in [0, 0.05) is 17.1 Å². The molecule has 1 N–H and O–H groups in total. The molecule has 24 heavy (non-hydrogen) atoms. The Morgan fingerprint density at radius 1 is 1.08 bits per heavy atom. The molecule has 0 aromatic heterocycles. The molecule has 0 saturated carbocycles. The largest absolute Gasteiger partial charge is 0.350 e. The van der Waals surface area contributed by atoms with Gasteiger partial charge in [0.2, 0.25) is 10.0 Å². The van der Waals surface area contributed by atoms with Crippen LogP contribution in [0.3, 0.4) is 0 Å². The smallest absolute Gasteiger partial charge is 0.251 e. The van der Waals surface area contributed by atoms with E-state index in [2.05, 4.69) is 5.32 Å². The first-order valence-corrected chi connectivity index (χ1v) is 9.65. The van der Waals surface area contributed by atoms with Crippen LogP contribution in [0.2, 0.25) is 10.0 Å². The van der Waals surface area contributed by atoms with Crippen molar-refractivity contribution in [1.82, 2.24) is 5.32 Å². The number of nitrogens with one attached hydrogen (secondary N) is 1. The first-order valence-electron chi connectivity index (χ1n) is 7.05. The van der Waals surface area contributed by atoms with E-state index in [0.717, 1.165) is 10.6 Å². The fourth-order valence-corrected chi connectivity index (χ4v) is 3.45. The number of halogens is 2. The molecule has 0 radical (unpaired) electrons. The van der Waals surface area contributed by atoms with Crippen molar-refractivity contribution in [2.24, 2.45) is 0 Å².